The summed E-state index contributed by atoms with van der Waals surface area (Å²) >= 11 is 0. The average Bonchev–Trinajstić information content (AvgIpc) is 2.57. The number of oxazole rings is 1. The maximum absolute atomic E-state index is 5.89. The summed E-state index contributed by atoms with van der Waals surface area (Å²) < 4.78 is 5.89. The third-order valence-corrected chi connectivity index (χ3v) is 3.32. The number of nitrogens with zero attached hydrogens (tertiary/aromatic N) is 2. The molecule has 0 fully saturated rings. The minimum Gasteiger partial charge on any atom is -0.445 e. The van der Waals surface area contributed by atoms with E-state index >= 15 is 0 Å². The zero-order chi connectivity index (χ0) is 12.8. The van der Waals surface area contributed by atoms with E-state index in [0.717, 1.165) is 36.9 Å². The molecule has 1 aromatic rings. The van der Waals surface area contributed by atoms with Crippen molar-refractivity contribution in [3.63, 3.8) is 0 Å². The lowest BCUT2D eigenvalue weighted by atomic mass is 9.97. The Morgan fingerprint density at radius 1 is 1.12 bits per heavy atom. The summed E-state index contributed by atoms with van der Waals surface area (Å²) in [5, 5.41) is 0. The van der Waals surface area contributed by atoms with E-state index in [1.165, 1.54) is 0 Å². The minimum absolute atomic E-state index is 0.00387. The van der Waals surface area contributed by atoms with Crippen molar-refractivity contribution in [2.75, 3.05) is 6.54 Å². The first-order valence-electron chi connectivity index (χ1n) is 6.42. The smallest absolute Gasteiger partial charge is 0.200 e. The van der Waals surface area contributed by atoms with Gasteiger partial charge in [-0.25, -0.2) is 4.98 Å². The van der Waals surface area contributed by atoms with Gasteiger partial charge < -0.3 is 4.42 Å². The lowest BCUT2D eigenvalue weighted by Gasteiger charge is -2.37. The Kier molecular flexibility index (Phi) is 2.85. The Bertz CT molecular complexity index is 407. The molecule has 0 aliphatic carbocycles. The molecule has 2 rings (SSSR count). The van der Waals surface area contributed by atoms with Crippen molar-refractivity contribution in [3.05, 3.63) is 17.3 Å². The third kappa shape index (κ3) is 2.54. The topological polar surface area (TPSA) is 29.3 Å². The molecule has 0 amide bonds. The van der Waals surface area contributed by atoms with Gasteiger partial charge in [0.1, 0.15) is 5.76 Å². The number of rotatable bonds is 0. The first kappa shape index (κ1) is 12.6. The first-order valence-corrected chi connectivity index (χ1v) is 6.42. The minimum atomic E-state index is 0.00387. The molecule has 0 N–H and O–H groups in total. The summed E-state index contributed by atoms with van der Waals surface area (Å²) in [6.07, 6.45) is 0.982. The Labute approximate surface area is 104 Å². The zero-order valence-corrected chi connectivity index (χ0v) is 11.9. The molecule has 1 aliphatic heterocycles. The third-order valence-electron chi connectivity index (χ3n) is 3.32. The Morgan fingerprint density at radius 3 is 2.29 bits per heavy atom. The van der Waals surface area contributed by atoms with E-state index in [9.17, 15) is 0 Å². The normalized spacial score (nSPS) is 18.2. The van der Waals surface area contributed by atoms with E-state index in [1.54, 1.807) is 0 Å². The molecule has 0 atom stereocenters. The van der Waals surface area contributed by atoms with Crippen molar-refractivity contribution >= 4 is 0 Å². The highest BCUT2D eigenvalue weighted by Crippen LogP contribution is 2.29. The van der Waals surface area contributed by atoms with Crippen LogP contribution in [0, 0.1) is 0 Å². The lowest BCUT2D eigenvalue weighted by Crippen LogP contribution is -2.44. The maximum atomic E-state index is 5.89. The molecular formula is C14H24N2O. The van der Waals surface area contributed by atoms with Crippen molar-refractivity contribution < 1.29 is 4.42 Å². The Balaban J connectivity index is 2.25. The monoisotopic (exact) mass is 236 g/mol. The standard InChI is InChI=1S/C14H24N2O/c1-13(2,3)12-15-10-9-16(14(4,5)6)8-7-11(10)17-12/h7-9H2,1-6H3. The van der Waals surface area contributed by atoms with Gasteiger partial charge in [-0.15, -0.1) is 0 Å². The molecule has 2 heterocycles. The SMILES string of the molecule is CC(C)(C)c1nc2c(o1)CCN(C(C)(C)C)C2. The Hall–Kier alpha value is -0.830. The van der Waals surface area contributed by atoms with Gasteiger partial charge in [0.05, 0.1) is 5.69 Å². The van der Waals surface area contributed by atoms with Gasteiger partial charge in [-0.2, -0.15) is 0 Å². The second-order valence-corrected chi connectivity index (χ2v) is 6.98. The summed E-state index contributed by atoms with van der Waals surface area (Å²) in [4.78, 5) is 7.14. The molecule has 0 aromatic carbocycles. The van der Waals surface area contributed by atoms with Gasteiger partial charge in [-0.3, -0.25) is 4.90 Å². The fraction of sp³-hybridized carbons (Fsp3) is 0.786. The van der Waals surface area contributed by atoms with Crippen LogP contribution < -0.4 is 0 Å². The van der Waals surface area contributed by atoms with Gasteiger partial charge in [-0.1, -0.05) is 20.8 Å². The summed E-state index contributed by atoms with van der Waals surface area (Å²) in [6.45, 7) is 15.2. The number of fused-ring (bicyclic) bond motifs is 1. The highest BCUT2D eigenvalue weighted by molar-refractivity contribution is 5.17. The van der Waals surface area contributed by atoms with E-state index in [2.05, 4.69) is 51.4 Å². The van der Waals surface area contributed by atoms with Crippen molar-refractivity contribution in [2.45, 2.75) is 65.5 Å². The molecule has 0 saturated heterocycles. The predicted octanol–water partition coefficient (Wildman–Crippen LogP) is 3.13. The quantitative estimate of drug-likeness (QED) is 0.693. The molecule has 17 heavy (non-hydrogen) atoms. The molecule has 3 heteroatoms. The van der Waals surface area contributed by atoms with Crippen LogP contribution in [0.5, 0.6) is 0 Å². The van der Waals surface area contributed by atoms with Gasteiger partial charge in [0, 0.05) is 30.5 Å². The fourth-order valence-electron chi connectivity index (χ4n) is 2.09. The van der Waals surface area contributed by atoms with E-state index < -0.39 is 0 Å². The largest absolute Gasteiger partial charge is 0.445 e. The van der Waals surface area contributed by atoms with Gasteiger partial charge in [0.2, 0.25) is 0 Å². The van der Waals surface area contributed by atoms with Crippen LogP contribution >= 0.6 is 0 Å². The molecule has 0 unspecified atom stereocenters. The summed E-state index contributed by atoms with van der Waals surface area (Å²) in [7, 11) is 0. The van der Waals surface area contributed by atoms with Crippen molar-refractivity contribution in [2.24, 2.45) is 0 Å². The van der Waals surface area contributed by atoms with E-state index in [4.69, 9.17) is 4.42 Å². The van der Waals surface area contributed by atoms with Crippen LogP contribution in [0.1, 0.15) is 58.9 Å². The highest BCUT2D eigenvalue weighted by Gasteiger charge is 2.31. The van der Waals surface area contributed by atoms with Crippen LogP contribution in [0.4, 0.5) is 0 Å². The van der Waals surface area contributed by atoms with E-state index in [-0.39, 0.29) is 11.0 Å². The lowest BCUT2D eigenvalue weighted by molar-refractivity contribution is 0.114. The molecule has 0 bridgehead atoms. The molecule has 1 aromatic heterocycles. The summed E-state index contributed by atoms with van der Waals surface area (Å²) in [5.74, 6) is 1.97. The van der Waals surface area contributed by atoms with Gasteiger partial charge in [0.25, 0.3) is 0 Å². The van der Waals surface area contributed by atoms with Gasteiger partial charge in [-0.05, 0) is 20.8 Å². The van der Waals surface area contributed by atoms with Crippen LogP contribution in [0.25, 0.3) is 0 Å². The van der Waals surface area contributed by atoms with Crippen LogP contribution in [-0.4, -0.2) is 22.0 Å². The van der Waals surface area contributed by atoms with E-state index in [0.29, 0.717) is 0 Å². The van der Waals surface area contributed by atoms with E-state index in [1.807, 2.05) is 0 Å². The van der Waals surface area contributed by atoms with Crippen molar-refractivity contribution in [3.8, 4) is 0 Å². The van der Waals surface area contributed by atoms with Crippen molar-refractivity contribution in [1.29, 1.82) is 0 Å². The second kappa shape index (κ2) is 3.84. The fourth-order valence-corrected chi connectivity index (χ4v) is 2.09. The maximum Gasteiger partial charge on any atom is 0.200 e. The van der Waals surface area contributed by atoms with Crippen LogP contribution in [0.15, 0.2) is 4.42 Å². The van der Waals surface area contributed by atoms with Crippen molar-refractivity contribution in [1.82, 2.24) is 9.88 Å². The molecule has 1 aliphatic rings. The zero-order valence-electron chi connectivity index (χ0n) is 11.9. The molecular weight excluding hydrogens is 212 g/mol. The first-order chi connectivity index (χ1) is 7.68. The molecule has 0 spiro atoms. The summed E-state index contributed by atoms with van der Waals surface area (Å²) in [5.41, 5.74) is 1.35. The number of hydrogen-bond acceptors (Lipinski definition) is 3. The summed E-state index contributed by atoms with van der Waals surface area (Å²) in [6, 6.07) is 0. The number of aromatic nitrogens is 1. The Morgan fingerprint density at radius 2 is 1.76 bits per heavy atom. The highest BCUT2D eigenvalue weighted by atomic mass is 16.4. The van der Waals surface area contributed by atoms with Crippen LogP contribution in [-0.2, 0) is 18.4 Å². The van der Waals surface area contributed by atoms with Crippen LogP contribution in [0.2, 0.25) is 0 Å². The van der Waals surface area contributed by atoms with Gasteiger partial charge >= 0.3 is 0 Å². The van der Waals surface area contributed by atoms with Crippen LogP contribution in [0.3, 0.4) is 0 Å². The van der Waals surface area contributed by atoms with Gasteiger partial charge in [0.15, 0.2) is 5.89 Å². The predicted molar refractivity (Wildman–Crippen MR) is 69.1 cm³/mol. The molecule has 0 saturated carbocycles. The molecule has 3 nitrogen and oxygen atoms in total. The second-order valence-electron chi connectivity index (χ2n) is 6.98. The molecule has 96 valence electrons. The molecule has 0 radical (unpaired) electrons. The average molecular weight is 236 g/mol. The number of hydrogen-bond donors (Lipinski definition) is 0.